The molecular formula is C18H29FN2S. The van der Waals surface area contributed by atoms with E-state index in [9.17, 15) is 4.39 Å². The standard InChI is InChI=1S/C15H21FN2S.C3H8/c1-6-11-8(3)14(16)15(18-10(5)19)13(9(4)17)12(11)7-2;1-3-2/h17H,6-7H2,1-5H3,(H,18,19);3H2,1-2H3. The van der Waals surface area contributed by atoms with Gasteiger partial charge >= 0.3 is 0 Å². The highest BCUT2D eigenvalue weighted by molar-refractivity contribution is 7.80. The molecule has 0 aliphatic rings. The van der Waals surface area contributed by atoms with Crippen LogP contribution < -0.4 is 5.32 Å². The summed E-state index contributed by atoms with van der Waals surface area (Å²) in [6.07, 6.45) is 2.80. The third-order valence-electron chi connectivity index (χ3n) is 3.30. The first kappa shape index (κ1) is 20.7. The van der Waals surface area contributed by atoms with Gasteiger partial charge in [0.2, 0.25) is 0 Å². The average molecular weight is 325 g/mol. The van der Waals surface area contributed by atoms with Crippen LogP contribution in [0.4, 0.5) is 10.1 Å². The molecule has 0 unspecified atom stereocenters. The van der Waals surface area contributed by atoms with E-state index in [2.05, 4.69) is 19.2 Å². The Kier molecular flexibility index (Phi) is 9.10. The van der Waals surface area contributed by atoms with E-state index < -0.39 is 0 Å². The molecule has 4 heteroatoms. The quantitative estimate of drug-likeness (QED) is 0.540. The summed E-state index contributed by atoms with van der Waals surface area (Å²) in [4.78, 5) is 0.507. The summed E-state index contributed by atoms with van der Waals surface area (Å²) in [6.45, 7) is 13.5. The fourth-order valence-electron chi connectivity index (χ4n) is 2.53. The van der Waals surface area contributed by atoms with Gasteiger partial charge in [0.05, 0.1) is 10.7 Å². The molecule has 0 atom stereocenters. The van der Waals surface area contributed by atoms with Crippen molar-refractivity contribution in [3.05, 3.63) is 28.1 Å². The van der Waals surface area contributed by atoms with E-state index >= 15 is 0 Å². The Labute approximate surface area is 140 Å². The molecule has 2 N–H and O–H groups in total. The summed E-state index contributed by atoms with van der Waals surface area (Å²) in [6, 6.07) is 0. The number of thiocarbonyl (C=S) groups is 1. The lowest BCUT2D eigenvalue weighted by Crippen LogP contribution is -2.16. The van der Waals surface area contributed by atoms with Crippen LogP contribution in [-0.2, 0) is 12.8 Å². The van der Waals surface area contributed by atoms with Crippen molar-refractivity contribution >= 4 is 28.6 Å². The van der Waals surface area contributed by atoms with Gasteiger partial charge in [-0.2, -0.15) is 0 Å². The lowest BCUT2D eigenvalue weighted by atomic mass is 9.89. The molecule has 1 aromatic carbocycles. The summed E-state index contributed by atoms with van der Waals surface area (Å²) in [5.74, 6) is -0.292. The van der Waals surface area contributed by atoms with E-state index in [1.54, 1.807) is 20.8 Å². The van der Waals surface area contributed by atoms with Crippen molar-refractivity contribution in [2.24, 2.45) is 0 Å². The van der Waals surface area contributed by atoms with Crippen molar-refractivity contribution in [1.29, 1.82) is 5.41 Å². The molecule has 0 amide bonds. The third kappa shape index (κ3) is 4.87. The minimum atomic E-state index is -0.292. The predicted octanol–water partition coefficient (Wildman–Crippen LogP) is 5.82. The van der Waals surface area contributed by atoms with E-state index in [0.717, 1.165) is 24.0 Å². The fourth-order valence-corrected chi connectivity index (χ4v) is 2.64. The van der Waals surface area contributed by atoms with E-state index in [1.807, 2.05) is 13.8 Å². The predicted molar refractivity (Wildman–Crippen MR) is 100 cm³/mol. The number of benzene rings is 1. The molecule has 0 saturated carbocycles. The lowest BCUT2D eigenvalue weighted by molar-refractivity contribution is 0.618. The van der Waals surface area contributed by atoms with Crippen molar-refractivity contribution < 1.29 is 4.39 Å². The second-order valence-corrected chi connectivity index (χ2v) is 5.98. The Balaban J connectivity index is 0.00000135. The SMILES string of the molecule is CCC.CCc1c(C)c(F)c(NC(C)=S)c(C(C)=N)c1CC. The Hall–Kier alpha value is -1.29. The number of anilines is 1. The fraction of sp³-hybridized carbons (Fsp3) is 0.556. The molecule has 0 aliphatic heterocycles. The average Bonchev–Trinajstić information content (AvgIpc) is 2.43. The highest BCUT2D eigenvalue weighted by atomic mass is 32.1. The first-order valence-corrected chi connectivity index (χ1v) is 8.34. The van der Waals surface area contributed by atoms with Gasteiger partial charge in [-0.15, -0.1) is 0 Å². The van der Waals surface area contributed by atoms with Crippen molar-refractivity contribution in [3.63, 3.8) is 0 Å². The zero-order chi connectivity index (χ0) is 17.4. The molecule has 0 bridgehead atoms. The van der Waals surface area contributed by atoms with E-state index in [0.29, 0.717) is 27.5 Å². The van der Waals surface area contributed by atoms with Crippen LogP contribution >= 0.6 is 12.2 Å². The molecule has 0 radical (unpaired) electrons. The van der Waals surface area contributed by atoms with Crippen LogP contribution in [0.1, 0.15) is 70.2 Å². The first-order chi connectivity index (χ1) is 10.3. The summed E-state index contributed by atoms with van der Waals surface area (Å²) in [7, 11) is 0. The van der Waals surface area contributed by atoms with Crippen LogP contribution in [0.2, 0.25) is 0 Å². The van der Waals surface area contributed by atoms with Gasteiger partial charge in [0.25, 0.3) is 0 Å². The maximum atomic E-state index is 14.5. The van der Waals surface area contributed by atoms with Crippen LogP contribution in [0, 0.1) is 18.2 Å². The van der Waals surface area contributed by atoms with Gasteiger partial charge in [-0.3, -0.25) is 0 Å². The van der Waals surface area contributed by atoms with Gasteiger partial charge in [-0.05, 0) is 50.3 Å². The van der Waals surface area contributed by atoms with Gasteiger partial charge in [0.15, 0.2) is 5.82 Å². The number of nitrogens with one attached hydrogen (secondary N) is 2. The number of halogens is 1. The molecule has 0 aliphatic carbocycles. The Morgan fingerprint density at radius 2 is 1.55 bits per heavy atom. The summed E-state index contributed by atoms with van der Waals surface area (Å²) >= 11 is 5.02. The molecule has 1 rings (SSSR count). The van der Waals surface area contributed by atoms with Gasteiger partial charge in [0.1, 0.15) is 0 Å². The van der Waals surface area contributed by atoms with Crippen LogP contribution in [0.3, 0.4) is 0 Å². The molecule has 124 valence electrons. The van der Waals surface area contributed by atoms with Crippen molar-refractivity contribution in [2.45, 2.75) is 67.7 Å². The molecule has 0 fully saturated rings. The molecule has 0 saturated heterocycles. The normalized spacial score (nSPS) is 9.82. The molecule has 22 heavy (non-hydrogen) atoms. The number of rotatable bonds is 4. The Morgan fingerprint density at radius 1 is 1.09 bits per heavy atom. The minimum Gasteiger partial charge on any atom is -0.347 e. The van der Waals surface area contributed by atoms with E-state index in [1.165, 1.54) is 6.42 Å². The highest BCUT2D eigenvalue weighted by Gasteiger charge is 2.21. The van der Waals surface area contributed by atoms with Crippen molar-refractivity contribution in [2.75, 3.05) is 5.32 Å². The van der Waals surface area contributed by atoms with Gasteiger partial charge < -0.3 is 10.7 Å². The smallest absolute Gasteiger partial charge is 0.150 e. The molecule has 0 aromatic heterocycles. The van der Waals surface area contributed by atoms with Crippen LogP contribution in [0.15, 0.2) is 0 Å². The van der Waals surface area contributed by atoms with Crippen LogP contribution in [0.5, 0.6) is 0 Å². The Morgan fingerprint density at radius 3 is 1.86 bits per heavy atom. The maximum Gasteiger partial charge on any atom is 0.150 e. The van der Waals surface area contributed by atoms with Crippen LogP contribution in [-0.4, -0.2) is 10.7 Å². The summed E-state index contributed by atoms with van der Waals surface area (Å²) in [5, 5.41) is 10.9. The van der Waals surface area contributed by atoms with Gasteiger partial charge in [0, 0.05) is 11.3 Å². The summed E-state index contributed by atoms with van der Waals surface area (Å²) < 4.78 is 14.5. The largest absolute Gasteiger partial charge is 0.347 e. The lowest BCUT2D eigenvalue weighted by Gasteiger charge is -2.21. The molecular weight excluding hydrogens is 295 g/mol. The topological polar surface area (TPSA) is 35.9 Å². The second kappa shape index (κ2) is 9.67. The first-order valence-electron chi connectivity index (χ1n) is 7.93. The van der Waals surface area contributed by atoms with Crippen molar-refractivity contribution in [3.8, 4) is 0 Å². The minimum absolute atomic E-state index is 0.292. The molecule has 0 heterocycles. The molecule has 1 aromatic rings. The number of hydrogen-bond acceptors (Lipinski definition) is 2. The number of hydrogen-bond donors (Lipinski definition) is 2. The maximum absolute atomic E-state index is 14.5. The molecule has 0 spiro atoms. The van der Waals surface area contributed by atoms with Gasteiger partial charge in [-0.25, -0.2) is 4.39 Å². The third-order valence-corrected chi connectivity index (χ3v) is 3.40. The zero-order valence-electron chi connectivity index (χ0n) is 14.9. The van der Waals surface area contributed by atoms with Crippen molar-refractivity contribution in [1.82, 2.24) is 0 Å². The summed E-state index contributed by atoms with van der Waals surface area (Å²) in [5.41, 5.74) is 4.09. The Bertz CT molecular complexity index is 551. The monoisotopic (exact) mass is 324 g/mol. The molecule has 2 nitrogen and oxygen atoms in total. The van der Waals surface area contributed by atoms with E-state index in [4.69, 9.17) is 17.6 Å². The second-order valence-electron chi connectivity index (χ2n) is 5.37. The van der Waals surface area contributed by atoms with E-state index in [-0.39, 0.29) is 5.82 Å². The zero-order valence-corrected chi connectivity index (χ0v) is 15.7. The highest BCUT2D eigenvalue weighted by Crippen LogP contribution is 2.32. The van der Waals surface area contributed by atoms with Crippen LogP contribution in [0.25, 0.3) is 0 Å². The van der Waals surface area contributed by atoms with Gasteiger partial charge in [-0.1, -0.05) is 46.3 Å².